The Morgan fingerprint density at radius 3 is 2.52 bits per heavy atom. The first-order valence-corrected chi connectivity index (χ1v) is 7.15. The van der Waals surface area contributed by atoms with E-state index >= 15 is 0 Å². The molecule has 0 radical (unpaired) electrons. The number of nitrogens with zero attached hydrogens (tertiary/aromatic N) is 1. The third kappa shape index (κ3) is 3.26. The molecule has 21 heavy (non-hydrogen) atoms. The highest BCUT2D eigenvalue weighted by atomic mass is 32.1. The number of carbonyl (C=O) groups is 1. The quantitative estimate of drug-likeness (QED) is 0.757. The first-order chi connectivity index (χ1) is 9.84. The normalized spacial score (nSPS) is 13.0. The van der Waals surface area contributed by atoms with E-state index in [-0.39, 0.29) is 17.9 Å². The molecule has 1 aromatic carbocycles. The molecule has 2 aromatic rings. The van der Waals surface area contributed by atoms with E-state index in [1.807, 2.05) is 24.4 Å². The van der Waals surface area contributed by atoms with E-state index in [0.29, 0.717) is 5.69 Å². The van der Waals surface area contributed by atoms with Crippen LogP contribution in [0.15, 0.2) is 35.7 Å². The molecule has 0 fully saturated rings. The maximum absolute atomic E-state index is 13.0. The molecular weight excluding hydrogens is 299 g/mol. The summed E-state index contributed by atoms with van der Waals surface area (Å²) < 4.78 is 38.9. The standard InChI is InChI=1S/C15H14F3NOS/c1-10(14-4-3-7-21-14)19(2)12-6-5-11(9-20)13(8-12)15(16,17)18/h3-10H,1-2H3. The summed E-state index contributed by atoms with van der Waals surface area (Å²) in [7, 11) is 1.74. The molecule has 2 rings (SSSR count). The predicted octanol–water partition coefficient (Wildman–Crippen LogP) is 4.78. The number of anilines is 1. The summed E-state index contributed by atoms with van der Waals surface area (Å²) in [5.74, 6) is 0. The second kappa shape index (κ2) is 5.89. The van der Waals surface area contributed by atoms with Gasteiger partial charge in [-0.1, -0.05) is 6.07 Å². The summed E-state index contributed by atoms with van der Waals surface area (Å²) in [6.07, 6.45) is -4.31. The molecule has 0 bridgehead atoms. The Bertz CT molecular complexity index is 622. The molecule has 0 aliphatic carbocycles. The summed E-state index contributed by atoms with van der Waals surface area (Å²) in [6, 6.07) is 7.56. The van der Waals surface area contributed by atoms with Crippen LogP contribution >= 0.6 is 11.3 Å². The lowest BCUT2D eigenvalue weighted by atomic mass is 10.1. The Hall–Kier alpha value is -1.82. The third-order valence-electron chi connectivity index (χ3n) is 3.41. The topological polar surface area (TPSA) is 20.3 Å². The summed E-state index contributed by atoms with van der Waals surface area (Å²) in [5, 5.41) is 1.93. The Morgan fingerprint density at radius 2 is 2.00 bits per heavy atom. The molecule has 0 saturated heterocycles. The molecule has 0 amide bonds. The molecule has 1 aromatic heterocycles. The molecule has 0 saturated carbocycles. The van der Waals surface area contributed by atoms with E-state index < -0.39 is 11.7 Å². The summed E-state index contributed by atoms with van der Waals surface area (Å²) >= 11 is 1.55. The Kier molecular flexibility index (Phi) is 4.37. The van der Waals surface area contributed by atoms with Crippen LogP contribution in [0.5, 0.6) is 0 Å². The van der Waals surface area contributed by atoms with E-state index in [2.05, 4.69) is 0 Å². The predicted molar refractivity (Wildman–Crippen MR) is 78.0 cm³/mol. The Balaban J connectivity index is 2.38. The maximum atomic E-state index is 13.0. The average Bonchev–Trinajstić information content (AvgIpc) is 2.98. The summed E-state index contributed by atoms with van der Waals surface area (Å²) in [5.41, 5.74) is -0.822. The van der Waals surface area contributed by atoms with E-state index in [1.165, 1.54) is 12.1 Å². The number of thiophene rings is 1. The molecule has 6 heteroatoms. The van der Waals surface area contributed by atoms with E-state index in [0.717, 1.165) is 10.9 Å². The van der Waals surface area contributed by atoms with Gasteiger partial charge in [0.2, 0.25) is 0 Å². The summed E-state index contributed by atoms with van der Waals surface area (Å²) in [6.45, 7) is 1.92. The Morgan fingerprint density at radius 1 is 1.29 bits per heavy atom. The van der Waals surface area contributed by atoms with Gasteiger partial charge in [-0.25, -0.2) is 0 Å². The lowest BCUT2D eigenvalue weighted by molar-refractivity contribution is -0.137. The average molecular weight is 313 g/mol. The van der Waals surface area contributed by atoms with Crippen LogP contribution in [-0.4, -0.2) is 13.3 Å². The molecule has 112 valence electrons. The molecule has 1 heterocycles. The number of hydrogen-bond donors (Lipinski definition) is 0. The Labute approximate surface area is 124 Å². The largest absolute Gasteiger partial charge is 0.417 e. The molecule has 0 aliphatic heterocycles. The van der Waals surface area contributed by atoms with Crippen LogP contribution in [0.3, 0.4) is 0 Å². The smallest absolute Gasteiger partial charge is 0.367 e. The zero-order valence-electron chi connectivity index (χ0n) is 11.5. The minimum absolute atomic E-state index is 0.0480. The molecule has 0 N–H and O–H groups in total. The first-order valence-electron chi connectivity index (χ1n) is 6.27. The second-order valence-corrected chi connectivity index (χ2v) is 5.67. The second-order valence-electron chi connectivity index (χ2n) is 4.69. The van der Waals surface area contributed by atoms with Crippen molar-refractivity contribution in [3.05, 3.63) is 51.7 Å². The highest BCUT2D eigenvalue weighted by Gasteiger charge is 2.34. The number of alkyl halides is 3. The van der Waals surface area contributed by atoms with Crippen molar-refractivity contribution < 1.29 is 18.0 Å². The lowest BCUT2D eigenvalue weighted by Gasteiger charge is -2.27. The van der Waals surface area contributed by atoms with Crippen molar-refractivity contribution in [2.75, 3.05) is 11.9 Å². The van der Waals surface area contributed by atoms with Crippen molar-refractivity contribution >= 4 is 23.3 Å². The zero-order chi connectivity index (χ0) is 15.6. The van der Waals surface area contributed by atoms with Crippen molar-refractivity contribution in [1.82, 2.24) is 0 Å². The van der Waals surface area contributed by atoms with Crippen LogP contribution in [-0.2, 0) is 6.18 Å². The lowest BCUT2D eigenvalue weighted by Crippen LogP contribution is -2.21. The van der Waals surface area contributed by atoms with Crippen LogP contribution < -0.4 is 4.90 Å². The molecule has 0 aliphatic rings. The highest BCUT2D eigenvalue weighted by Crippen LogP contribution is 2.36. The number of hydrogen-bond acceptors (Lipinski definition) is 3. The molecular formula is C15H14F3NOS. The van der Waals surface area contributed by atoms with Crippen molar-refractivity contribution in [1.29, 1.82) is 0 Å². The van der Waals surface area contributed by atoms with Gasteiger partial charge in [-0.2, -0.15) is 13.2 Å². The monoisotopic (exact) mass is 313 g/mol. The van der Waals surface area contributed by atoms with Gasteiger partial charge in [0.05, 0.1) is 11.6 Å². The molecule has 1 unspecified atom stereocenters. The fraction of sp³-hybridized carbons (Fsp3) is 0.267. The number of rotatable bonds is 4. The van der Waals surface area contributed by atoms with Crippen LogP contribution in [0.4, 0.5) is 18.9 Å². The van der Waals surface area contributed by atoms with Crippen molar-refractivity contribution in [3.8, 4) is 0 Å². The number of halogens is 3. The van der Waals surface area contributed by atoms with Crippen LogP contribution in [0, 0.1) is 0 Å². The van der Waals surface area contributed by atoms with E-state index in [9.17, 15) is 18.0 Å². The van der Waals surface area contributed by atoms with Crippen LogP contribution in [0.25, 0.3) is 0 Å². The van der Waals surface area contributed by atoms with Crippen LogP contribution in [0.2, 0.25) is 0 Å². The third-order valence-corrected chi connectivity index (χ3v) is 4.45. The van der Waals surface area contributed by atoms with Gasteiger partial charge >= 0.3 is 6.18 Å². The van der Waals surface area contributed by atoms with E-state index in [1.54, 1.807) is 23.3 Å². The number of aldehydes is 1. The number of carbonyl (C=O) groups excluding carboxylic acids is 1. The fourth-order valence-electron chi connectivity index (χ4n) is 2.06. The van der Waals surface area contributed by atoms with Gasteiger partial charge in [0, 0.05) is 23.2 Å². The van der Waals surface area contributed by atoms with Gasteiger partial charge in [0.25, 0.3) is 0 Å². The van der Waals surface area contributed by atoms with Gasteiger partial charge in [-0.15, -0.1) is 11.3 Å². The van der Waals surface area contributed by atoms with Crippen molar-refractivity contribution in [2.45, 2.75) is 19.1 Å². The highest BCUT2D eigenvalue weighted by molar-refractivity contribution is 7.10. The first kappa shape index (κ1) is 15.6. The minimum atomic E-state index is -4.54. The van der Waals surface area contributed by atoms with Gasteiger partial charge in [-0.05, 0) is 36.6 Å². The fourth-order valence-corrected chi connectivity index (χ4v) is 2.88. The van der Waals surface area contributed by atoms with Gasteiger partial charge in [0.15, 0.2) is 6.29 Å². The van der Waals surface area contributed by atoms with Gasteiger partial charge in [0.1, 0.15) is 0 Å². The number of benzene rings is 1. The zero-order valence-corrected chi connectivity index (χ0v) is 12.3. The SMILES string of the molecule is CC(c1cccs1)N(C)c1ccc(C=O)c(C(F)(F)F)c1. The van der Waals surface area contributed by atoms with Crippen molar-refractivity contribution in [2.24, 2.45) is 0 Å². The maximum Gasteiger partial charge on any atom is 0.417 e. The van der Waals surface area contributed by atoms with Crippen molar-refractivity contribution in [3.63, 3.8) is 0 Å². The van der Waals surface area contributed by atoms with Gasteiger partial charge < -0.3 is 4.90 Å². The molecule has 0 spiro atoms. The summed E-state index contributed by atoms with van der Waals surface area (Å²) in [4.78, 5) is 13.6. The van der Waals surface area contributed by atoms with Crippen LogP contribution in [0.1, 0.15) is 33.8 Å². The molecule has 1 atom stereocenters. The van der Waals surface area contributed by atoms with Gasteiger partial charge in [-0.3, -0.25) is 4.79 Å². The molecule has 2 nitrogen and oxygen atoms in total. The van der Waals surface area contributed by atoms with E-state index in [4.69, 9.17) is 0 Å². The minimum Gasteiger partial charge on any atom is -0.367 e.